The van der Waals surface area contributed by atoms with Gasteiger partial charge in [0.05, 0.1) is 24.5 Å². The molecule has 0 saturated carbocycles. The summed E-state index contributed by atoms with van der Waals surface area (Å²) in [5.74, 6) is 0.614. The lowest BCUT2D eigenvalue weighted by Crippen LogP contribution is -2.45. The van der Waals surface area contributed by atoms with Crippen LogP contribution in [-0.2, 0) is 6.54 Å². The zero-order chi connectivity index (χ0) is 21.7. The maximum absolute atomic E-state index is 12.6. The van der Waals surface area contributed by atoms with Crippen LogP contribution in [0.4, 0.5) is 13.2 Å². The Balaban J connectivity index is 0.00000341. The summed E-state index contributed by atoms with van der Waals surface area (Å²) in [7, 11) is 0. The van der Waals surface area contributed by atoms with Gasteiger partial charge in [0, 0.05) is 36.9 Å². The van der Waals surface area contributed by atoms with Crippen LogP contribution in [0.2, 0.25) is 0 Å². The smallest absolute Gasteiger partial charge is 0.357 e. The minimum Gasteiger partial charge on any atom is -0.357 e. The number of halogens is 4. The minimum atomic E-state index is -4.17. The van der Waals surface area contributed by atoms with Crippen molar-refractivity contribution < 1.29 is 13.2 Å². The molecule has 0 spiro atoms. The van der Waals surface area contributed by atoms with E-state index in [-0.39, 0.29) is 30.0 Å². The SMILES string of the molecule is CCNC(=NCc1c(C)nn(-c2ccccc2)c1C)NC1CCN(CC(F)(F)F)C1.I. The van der Waals surface area contributed by atoms with E-state index in [1.807, 2.05) is 55.8 Å². The average molecular weight is 550 g/mol. The summed E-state index contributed by atoms with van der Waals surface area (Å²) in [6.07, 6.45) is -3.51. The number of hydrogen-bond acceptors (Lipinski definition) is 3. The van der Waals surface area contributed by atoms with Crippen molar-refractivity contribution in [3.63, 3.8) is 0 Å². The normalized spacial score (nSPS) is 17.5. The second-order valence-corrected chi connectivity index (χ2v) is 7.57. The molecule has 6 nitrogen and oxygen atoms in total. The van der Waals surface area contributed by atoms with Crippen LogP contribution in [0.1, 0.15) is 30.3 Å². The Labute approximate surface area is 198 Å². The van der Waals surface area contributed by atoms with Gasteiger partial charge in [0.1, 0.15) is 0 Å². The van der Waals surface area contributed by atoms with Crippen LogP contribution in [0.15, 0.2) is 35.3 Å². The van der Waals surface area contributed by atoms with Gasteiger partial charge in [-0.3, -0.25) is 4.90 Å². The maximum Gasteiger partial charge on any atom is 0.401 e. The first kappa shape index (κ1) is 25.4. The highest BCUT2D eigenvalue weighted by Gasteiger charge is 2.34. The highest BCUT2D eigenvalue weighted by Crippen LogP contribution is 2.20. The van der Waals surface area contributed by atoms with Gasteiger partial charge in [0.25, 0.3) is 0 Å². The summed E-state index contributed by atoms with van der Waals surface area (Å²) in [5, 5.41) is 11.1. The summed E-state index contributed by atoms with van der Waals surface area (Å²) < 4.78 is 39.8. The molecule has 1 saturated heterocycles. The molecule has 2 N–H and O–H groups in total. The number of guanidine groups is 1. The molecule has 1 aromatic carbocycles. The monoisotopic (exact) mass is 550 g/mol. The third-order valence-electron chi connectivity index (χ3n) is 5.20. The topological polar surface area (TPSA) is 57.5 Å². The number of alkyl halides is 3. The fourth-order valence-electron chi connectivity index (χ4n) is 3.74. The van der Waals surface area contributed by atoms with Crippen LogP contribution < -0.4 is 10.6 Å². The van der Waals surface area contributed by atoms with Gasteiger partial charge in [-0.25, -0.2) is 9.67 Å². The van der Waals surface area contributed by atoms with E-state index in [2.05, 4.69) is 20.7 Å². The molecule has 10 heteroatoms. The zero-order valence-electron chi connectivity index (χ0n) is 18.0. The van der Waals surface area contributed by atoms with Crippen molar-refractivity contribution in [2.75, 3.05) is 26.2 Å². The minimum absolute atomic E-state index is 0. The lowest BCUT2D eigenvalue weighted by Gasteiger charge is -2.19. The molecular weight excluding hydrogens is 520 g/mol. The van der Waals surface area contributed by atoms with Crippen LogP contribution in [0.5, 0.6) is 0 Å². The molecule has 1 fully saturated rings. The Morgan fingerprint density at radius 1 is 1.23 bits per heavy atom. The Morgan fingerprint density at radius 2 is 1.94 bits per heavy atom. The van der Waals surface area contributed by atoms with Gasteiger partial charge < -0.3 is 10.6 Å². The van der Waals surface area contributed by atoms with E-state index in [1.54, 1.807) is 0 Å². The van der Waals surface area contributed by atoms with Crippen molar-refractivity contribution >= 4 is 29.9 Å². The first-order valence-electron chi connectivity index (χ1n) is 10.2. The molecule has 1 unspecified atom stereocenters. The molecule has 1 aliphatic rings. The van der Waals surface area contributed by atoms with E-state index >= 15 is 0 Å². The number of nitrogens with zero attached hydrogens (tertiary/aromatic N) is 4. The number of likely N-dealkylation sites (tertiary alicyclic amines) is 1. The third-order valence-corrected chi connectivity index (χ3v) is 5.20. The number of aliphatic imine (C=N–C) groups is 1. The molecule has 0 amide bonds. The van der Waals surface area contributed by atoms with E-state index in [4.69, 9.17) is 0 Å². The molecule has 3 rings (SSSR count). The predicted octanol–water partition coefficient (Wildman–Crippen LogP) is 3.80. The Kier molecular flexibility index (Phi) is 9.16. The number of nitrogens with one attached hydrogen (secondary N) is 2. The second kappa shape index (κ2) is 11.2. The summed E-state index contributed by atoms with van der Waals surface area (Å²) in [4.78, 5) is 6.11. The van der Waals surface area contributed by atoms with Crippen molar-refractivity contribution in [3.05, 3.63) is 47.3 Å². The predicted molar refractivity (Wildman–Crippen MR) is 127 cm³/mol. The molecule has 0 radical (unpaired) electrons. The Bertz CT molecular complexity index is 866. The molecule has 1 aliphatic heterocycles. The highest BCUT2D eigenvalue weighted by atomic mass is 127. The van der Waals surface area contributed by atoms with Crippen LogP contribution in [-0.4, -0.2) is 59.0 Å². The van der Waals surface area contributed by atoms with Crippen molar-refractivity contribution in [2.24, 2.45) is 4.99 Å². The molecule has 0 aliphatic carbocycles. The van der Waals surface area contributed by atoms with Crippen molar-refractivity contribution in [2.45, 2.75) is 46.0 Å². The number of benzene rings is 1. The lowest BCUT2D eigenvalue weighted by molar-refractivity contribution is -0.143. The molecule has 1 aromatic heterocycles. The van der Waals surface area contributed by atoms with Gasteiger partial charge in [-0.1, -0.05) is 18.2 Å². The van der Waals surface area contributed by atoms with Gasteiger partial charge in [0.15, 0.2) is 5.96 Å². The fraction of sp³-hybridized carbons (Fsp3) is 0.524. The third kappa shape index (κ3) is 7.09. The molecule has 172 valence electrons. The highest BCUT2D eigenvalue weighted by molar-refractivity contribution is 14.0. The van der Waals surface area contributed by atoms with Crippen molar-refractivity contribution in [1.29, 1.82) is 0 Å². The first-order valence-corrected chi connectivity index (χ1v) is 10.2. The van der Waals surface area contributed by atoms with Gasteiger partial charge in [-0.15, -0.1) is 24.0 Å². The molecule has 0 bridgehead atoms. The summed E-state index contributed by atoms with van der Waals surface area (Å²) in [6.45, 7) is 6.98. The Hall–Kier alpha value is -1.82. The van der Waals surface area contributed by atoms with Crippen molar-refractivity contribution in [3.8, 4) is 5.69 Å². The summed E-state index contributed by atoms with van der Waals surface area (Å²) in [5.41, 5.74) is 3.97. The quantitative estimate of drug-likeness (QED) is 0.327. The zero-order valence-corrected chi connectivity index (χ0v) is 20.4. The van der Waals surface area contributed by atoms with E-state index in [1.165, 1.54) is 4.90 Å². The summed E-state index contributed by atoms with van der Waals surface area (Å²) in [6, 6.07) is 9.86. The van der Waals surface area contributed by atoms with E-state index in [0.717, 1.165) is 22.6 Å². The largest absolute Gasteiger partial charge is 0.401 e. The number of para-hydroxylation sites is 1. The average Bonchev–Trinajstić information content (AvgIpc) is 3.23. The molecule has 2 heterocycles. The van der Waals surface area contributed by atoms with E-state index < -0.39 is 12.7 Å². The second-order valence-electron chi connectivity index (χ2n) is 7.57. The number of rotatable bonds is 6. The van der Waals surface area contributed by atoms with Crippen molar-refractivity contribution in [1.82, 2.24) is 25.3 Å². The molecular formula is C21H30F3IN6. The van der Waals surface area contributed by atoms with Crippen LogP contribution in [0.3, 0.4) is 0 Å². The van der Waals surface area contributed by atoms with Crippen LogP contribution >= 0.6 is 24.0 Å². The van der Waals surface area contributed by atoms with Crippen LogP contribution in [0.25, 0.3) is 5.69 Å². The standard InChI is InChI=1S/C21H29F3N6.HI/c1-4-25-20(27-17-10-11-29(13-17)14-21(22,23)24)26-12-19-15(2)28-30(16(19)3)18-8-6-5-7-9-18;/h5-9,17H,4,10-14H2,1-3H3,(H2,25,26,27);1H. The Morgan fingerprint density at radius 3 is 2.58 bits per heavy atom. The summed E-state index contributed by atoms with van der Waals surface area (Å²) >= 11 is 0. The fourth-order valence-corrected chi connectivity index (χ4v) is 3.74. The van der Waals surface area contributed by atoms with Gasteiger partial charge in [-0.05, 0) is 39.3 Å². The molecule has 31 heavy (non-hydrogen) atoms. The number of aryl methyl sites for hydroxylation is 1. The molecule has 2 aromatic rings. The first-order chi connectivity index (χ1) is 14.3. The number of hydrogen-bond donors (Lipinski definition) is 2. The van der Waals surface area contributed by atoms with Gasteiger partial charge >= 0.3 is 6.18 Å². The van der Waals surface area contributed by atoms with E-state index in [0.29, 0.717) is 38.6 Å². The maximum atomic E-state index is 12.6. The van der Waals surface area contributed by atoms with E-state index in [9.17, 15) is 13.2 Å². The number of aromatic nitrogens is 2. The lowest BCUT2D eigenvalue weighted by atomic mass is 10.2. The van der Waals surface area contributed by atoms with Gasteiger partial charge in [-0.2, -0.15) is 18.3 Å². The molecule has 1 atom stereocenters. The van der Waals surface area contributed by atoms with Gasteiger partial charge in [0.2, 0.25) is 0 Å². The van der Waals surface area contributed by atoms with Crippen LogP contribution in [0, 0.1) is 13.8 Å².